The first-order valence-electron chi connectivity index (χ1n) is 12.7. The van der Waals surface area contributed by atoms with Crippen molar-refractivity contribution in [2.75, 3.05) is 6.54 Å². The quantitative estimate of drug-likeness (QED) is 0.273. The first kappa shape index (κ1) is 23.7. The maximum absolute atomic E-state index is 7.25. The van der Waals surface area contributed by atoms with Crippen LogP contribution in [-0.4, -0.2) is 20.9 Å². The first-order valence-corrected chi connectivity index (χ1v) is 16.1. The van der Waals surface area contributed by atoms with Crippen LogP contribution in [0.3, 0.4) is 0 Å². The molecule has 1 aliphatic heterocycles. The molecular weight excluding hydrogens is 442 g/mol. The van der Waals surface area contributed by atoms with E-state index in [0.29, 0.717) is 0 Å². The lowest BCUT2D eigenvalue weighted by molar-refractivity contribution is 0.0639. The Hall–Kier alpha value is -2.98. The third kappa shape index (κ3) is 5.04. The molecule has 1 saturated heterocycles. The van der Waals surface area contributed by atoms with Gasteiger partial charge in [0.05, 0.1) is 0 Å². The summed E-state index contributed by atoms with van der Waals surface area (Å²) in [4.78, 5) is 0. The van der Waals surface area contributed by atoms with Crippen LogP contribution >= 0.6 is 0 Å². The average molecular weight is 478 g/mol. The van der Waals surface area contributed by atoms with Crippen molar-refractivity contribution in [3.8, 4) is 22.3 Å². The third-order valence-electron chi connectivity index (χ3n) is 6.86. The molecule has 2 nitrogen and oxygen atoms in total. The Balaban J connectivity index is 1.62. The molecule has 0 amide bonds. The summed E-state index contributed by atoms with van der Waals surface area (Å²) < 4.78 is 7.25. The van der Waals surface area contributed by atoms with Crippen molar-refractivity contribution in [1.29, 1.82) is 0 Å². The summed E-state index contributed by atoms with van der Waals surface area (Å²) in [6.45, 7) is 7.93. The Bertz CT molecular complexity index is 1140. The largest absolute Gasteiger partial charge is 0.403 e. The van der Waals surface area contributed by atoms with E-state index < -0.39 is 13.9 Å². The van der Waals surface area contributed by atoms with Crippen molar-refractivity contribution in [2.45, 2.75) is 44.1 Å². The second kappa shape index (κ2) is 9.94. The number of hydrogen-bond donors (Lipinski definition) is 1. The Morgan fingerprint density at radius 1 is 0.629 bits per heavy atom. The minimum atomic E-state index is -1.92. The maximum Gasteiger partial charge on any atom is 0.185 e. The van der Waals surface area contributed by atoms with Gasteiger partial charge in [-0.25, -0.2) is 0 Å². The lowest BCUT2D eigenvalue weighted by Crippen LogP contribution is -2.53. The molecule has 0 saturated carbocycles. The first-order chi connectivity index (χ1) is 17.0. The standard InChI is InChI=1S/C32H35NOSi/c1-35(2,3)34-32(31-15-10-24-33-31,29-20-16-27(17-21-29)25-11-6-4-7-12-25)30-22-18-28(19-23-30)26-13-8-5-9-14-26/h4-9,11-14,16-23,31,33H,10,15,24H2,1-3H3. The van der Waals surface area contributed by atoms with Crippen molar-refractivity contribution in [3.63, 3.8) is 0 Å². The summed E-state index contributed by atoms with van der Waals surface area (Å²) >= 11 is 0. The van der Waals surface area contributed by atoms with Crippen LogP contribution in [0.15, 0.2) is 109 Å². The highest BCUT2D eigenvalue weighted by atomic mass is 28.4. The molecule has 0 aromatic heterocycles. The van der Waals surface area contributed by atoms with Gasteiger partial charge in [0, 0.05) is 6.04 Å². The van der Waals surface area contributed by atoms with Gasteiger partial charge in [-0.2, -0.15) is 0 Å². The number of nitrogens with one attached hydrogen (secondary N) is 1. The Morgan fingerprint density at radius 3 is 1.43 bits per heavy atom. The van der Waals surface area contributed by atoms with Crippen molar-refractivity contribution in [2.24, 2.45) is 0 Å². The normalized spacial score (nSPS) is 16.4. The van der Waals surface area contributed by atoms with Crippen LogP contribution in [0.25, 0.3) is 22.3 Å². The molecule has 4 aromatic rings. The molecule has 1 fully saturated rings. The van der Waals surface area contributed by atoms with Crippen LogP contribution in [0, 0.1) is 0 Å². The summed E-state index contributed by atoms with van der Waals surface area (Å²) in [7, 11) is -1.92. The van der Waals surface area contributed by atoms with Crippen LogP contribution in [0.5, 0.6) is 0 Å². The Morgan fingerprint density at radius 2 is 1.06 bits per heavy atom. The molecule has 0 aliphatic carbocycles. The van der Waals surface area contributed by atoms with Gasteiger partial charge in [0.2, 0.25) is 0 Å². The molecule has 4 aromatic carbocycles. The Labute approximate surface area is 211 Å². The maximum atomic E-state index is 7.25. The van der Waals surface area contributed by atoms with E-state index in [1.54, 1.807) is 0 Å². The van der Waals surface area contributed by atoms with Crippen LogP contribution in [0.4, 0.5) is 0 Å². The minimum Gasteiger partial charge on any atom is -0.403 e. The third-order valence-corrected chi connectivity index (χ3v) is 7.79. The van der Waals surface area contributed by atoms with E-state index in [1.165, 1.54) is 39.8 Å². The fourth-order valence-electron chi connectivity index (χ4n) is 5.35. The fraction of sp³-hybridized carbons (Fsp3) is 0.250. The lowest BCUT2D eigenvalue weighted by Gasteiger charge is -2.44. The summed E-state index contributed by atoms with van der Waals surface area (Å²) in [5.41, 5.74) is 6.87. The van der Waals surface area contributed by atoms with Crippen molar-refractivity contribution >= 4 is 8.32 Å². The minimum absolute atomic E-state index is 0.236. The van der Waals surface area contributed by atoms with E-state index in [4.69, 9.17) is 4.43 Å². The SMILES string of the molecule is C[Si](C)(C)OC(c1ccc(-c2ccccc2)cc1)(c1ccc(-c2ccccc2)cc1)C1CCCN1. The summed E-state index contributed by atoms with van der Waals surface area (Å²) in [5, 5.41) is 3.81. The Kier molecular flexibility index (Phi) is 6.75. The summed E-state index contributed by atoms with van der Waals surface area (Å²) in [6.07, 6.45) is 2.27. The molecular formula is C32H35NOSi. The van der Waals surface area contributed by atoms with Gasteiger partial charge in [0.25, 0.3) is 0 Å². The van der Waals surface area contributed by atoms with E-state index >= 15 is 0 Å². The second-order valence-corrected chi connectivity index (χ2v) is 14.9. The summed E-state index contributed by atoms with van der Waals surface area (Å²) in [6, 6.07) is 39.6. The zero-order chi connectivity index (χ0) is 24.3. The van der Waals surface area contributed by atoms with Crippen LogP contribution in [0.2, 0.25) is 19.6 Å². The predicted molar refractivity (Wildman–Crippen MR) is 150 cm³/mol. The molecule has 0 spiro atoms. The van der Waals surface area contributed by atoms with Gasteiger partial charge in [-0.15, -0.1) is 0 Å². The van der Waals surface area contributed by atoms with Gasteiger partial charge < -0.3 is 9.74 Å². The molecule has 0 bridgehead atoms. The average Bonchev–Trinajstić information content (AvgIpc) is 3.44. The van der Waals surface area contributed by atoms with Gasteiger partial charge in [-0.1, -0.05) is 109 Å². The second-order valence-electron chi connectivity index (χ2n) is 10.5. The van der Waals surface area contributed by atoms with Crippen LogP contribution in [-0.2, 0) is 10.0 Å². The van der Waals surface area contributed by atoms with E-state index in [9.17, 15) is 0 Å². The van der Waals surface area contributed by atoms with E-state index in [-0.39, 0.29) is 6.04 Å². The fourth-order valence-corrected chi connectivity index (χ4v) is 6.70. The molecule has 1 aliphatic rings. The van der Waals surface area contributed by atoms with Crippen molar-refractivity contribution < 1.29 is 4.43 Å². The molecule has 1 N–H and O–H groups in total. The number of hydrogen-bond acceptors (Lipinski definition) is 2. The van der Waals surface area contributed by atoms with E-state index in [0.717, 1.165) is 13.0 Å². The van der Waals surface area contributed by atoms with Gasteiger partial charge in [-0.3, -0.25) is 0 Å². The van der Waals surface area contributed by atoms with Crippen LogP contribution < -0.4 is 5.32 Å². The molecule has 178 valence electrons. The van der Waals surface area contributed by atoms with Crippen molar-refractivity contribution in [3.05, 3.63) is 120 Å². The molecule has 0 radical (unpaired) electrons. The summed E-state index contributed by atoms with van der Waals surface area (Å²) in [5.74, 6) is 0. The van der Waals surface area contributed by atoms with Gasteiger partial charge >= 0.3 is 0 Å². The smallest absolute Gasteiger partial charge is 0.185 e. The highest BCUT2D eigenvalue weighted by molar-refractivity contribution is 6.69. The molecule has 35 heavy (non-hydrogen) atoms. The highest BCUT2D eigenvalue weighted by Crippen LogP contribution is 2.43. The van der Waals surface area contributed by atoms with Crippen LogP contribution in [0.1, 0.15) is 24.0 Å². The molecule has 1 atom stereocenters. The van der Waals surface area contributed by atoms with Gasteiger partial charge in [0.1, 0.15) is 5.60 Å². The highest BCUT2D eigenvalue weighted by Gasteiger charge is 2.47. The van der Waals surface area contributed by atoms with Gasteiger partial charge in [-0.05, 0) is 72.4 Å². The topological polar surface area (TPSA) is 21.3 Å². The number of benzene rings is 4. The molecule has 1 unspecified atom stereocenters. The zero-order valence-corrected chi connectivity index (χ0v) is 22.0. The van der Waals surface area contributed by atoms with Gasteiger partial charge in [0.15, 0.2) is 8.32 Å². The van der Waals surface area contributed by atoms with E-state index in [2.05, 4.69) is 134 Å². The molecule has 3 heteroatoms. The lowest BCUT2D eigenvalue weighted by atomic mass is 9.78. The number of rotatable bonds is 7. The van der Waals surface area contributed by atoms with E-state index in [1.807, 2.05) is 0 Å². The predicted octanol–water partition coefficient (Wildman–Crippen LogP) is 7.87. The monoisotopic (exact) mass is 477 g/mol. The molecule has 5 rings (SSSR count). The zero-order valence-electron chi connectivity index (χ0n) is 21.0. The van der Waals surface area contributed by atoms with Crippen molar-refractivity contribution in [1.82, 2.24) is 5.32 Å². The molecule has 1 heterocycles.